The summed E-state index contributed by atoms with van der Waals surface area (Å²) in [6, 6.07) is 14.6. The number of hydrogen-bond donors (Lipinski definition) is 2. The van der Waals surface area contributed by atoms with E-state index in [4.69, 9.17) is 4.74 Å². The molecule has 136 valence electrons. The molecule has 1 amide bonds. The van der Waals surface area contributed by atoms with Gasteiger partial charge in [-0.3, -0.25) is 4.79 Å². The quantitative estimate of drug-likeness (QED) is 0.744. The van der Waals surface area contributed by atoms with Crippen molar-refractivity contribution in [3.63, 3.8) is 0 Å². The fourth-order valence-corrected chi connectivity index (χ4v) is 4.29. The maximum Gasteiger partial charge on any atom is 0.251 e. The Morgan fingerprint density at radius 1 is 1.12 bits per heavy atom. The van der Waals surface area contributed by atoms with E-state index < -0.39 is 0 Å². The first kappa shape index (κ1) is 17.3. The van der Waals surface area contributed by atoms with Crippen molar-refractivity contribution < 1.29 is 9.53 Å². The van der Waals surface area contributed by atoms with Crippen LogP contribution in [0.5, 0.6) is 0 Å². The molecule has 0 spiro atoms. The Kier molecular flexibility index (Phi) is 4.79. The van der Waals surface area contributed by atoms with Gasteiger partial charge in [-0.15, -0.1) is 0 Å². The molecule has 1 aliphatic carbocycles. The number of piperidine rings is 1. The molecule has 26 heavy (non-hydrogen) atoms. The van der Waals surface area contributed by atoms with Crippen molar-refractivity contribution >= 4 is 5.91 Å². The van der Waals surface area contributed by atoms with Crippen molar-refractivity contribution in [3.05, 3.63) is 59.2 Å². The normalized spacial score (nSPS) is 17.4. The molecule has 0 aromatic heterocycles. The average Bonchev–Trinajstić information content (AvgIpc) is 3.05. The van der Waals surface area contributed by atoms with Gasteiger partial charge in [0.2, 0.25) is 0 Å². The number of nitrogens with one attached hydrogen (secondary N) is 2. The zero-order valence-corrected chi connectivity index (χ0v) is 15.3. The fraction of sp³-hybridized carbons (Fsp3) is 0.409. The molecule has 2 N–H and O–H groups in total. The van der Waals surface area contributed by atoms with Crippen molar-refractivity contribution in [1.29, 1.82) is 0 Å². The van der Waals surface area contributed by atoms with E-state index in [0.717, 1.165) is 37.9 Å². The van der Waals surface area contributed by atoms with E-state index in [1.165, 1.54) is 22.3 Å². The zero-order chi connectivity index (χ0) is 18.0. The summed E-state index contributed by atoms with van der Waals surface area (Å²) in [7, 11) is 1.74. The molecule has 4 heteroatoms. The predicted octanol–water partition coefficient (Wildman–Crippen LogP) is 3.00. The van der Waals surface area contributed by atoms with Crippen LogP contribution in [0.15, 0.2) is 42.5 Å². The molecule has 0 bridgehead atoms. The van der Waals surface area contributed by atoms with Crippen LogP contribution < -0.4 is 10.6 Å². The van der Waals surface area contributed by atoms with Gasteiger partial charge in [-0.05, 0) is 66.7 Å². The van der Waals surface area contributed by atoms with Crippen molar-refractivity contribution in [2.75, 3.05) is 33.4 Å². The summed E-state index contributed by atoms with van der Waals surface area (Å²) in [4.78, 5) is 12.7. The second-order valence-corrected chi connectivity index (χ2v) is 7.57. The summed E-state index contributed by atoms with van der Waals surface area (Å²) < 4.78 is 5.44. The number of fused-ring (bicyclic) bond motifs is 3. The molecule has 2 aliphatic rings. The molecule has 1 saturated heterocycles. The molecule has 0 unspecified atom stereocenters. The van der Waals surface area contributed by atoms with Gasteiger partial charge < -0.3 is 15.4 Å². The third-order valence-corrected chi connectivity index (χ3v) is 5.79. The topological polar surface area (TPSA) is 50.4 Å². The first-order valence-corrected chi connectivity index (χ1v) is 9.40. The predicted molar refractivity (Wildman–Crippen MR) is 103 cm³/mol. The number of carbonyl (C=O) groups is 1. The van der Waals surface area contributed by atoms with Gasteiger partial charge in [0.15, 0.2) is 0 Å². The molecule has 1 heterocycles. The molecular formula is C22H26N2O2. The maximum absolute atomic E-state index is 12.7. The van der Waals surface area contributed by atoms with Crippen LogP contribution in [0.2, 0.25) is 0 Å². The lowest BCUT2D eigenvalue weighted by Gasteiger charge is -2.37. The molecule has 0 saturated carbocycles. The summed E-state index contributed by atoms with van der Waals surface area (Å²) in [6.45, 7) is 3.32. The van der Waals surface area contributed by atoms with Gasteiger partial charge in [0.25, 0.3) is 5.91 Å². The number of hydrogen-bond acceptors (Lipinski definition) is 3. The van der Waals surface area contributed by atoms with Gasteiger partial charge in [-0.1, -0.05) is 30.3 Å². The standard InChI is InChI=1S/C22H26N2O2/c1-26-15-22(8-10-23-11-9-22)14-24-21(25)17-6-7-20-18(13-17)12-16-4-2-3-5-19(16)20/h2-7,13,23H,8-12,14-15H2,1H3,(H,24,25). The van der Waals surface area contributed by atoms with Gasteiger partial charge in [-0.25, -0.2) is 0 Å². The Hall–Kier alpha value is -2.17. The SMILES string of the molecule is COCC1(CNC(=O)c2ccc3c(c2)Cc2ccccc2-3)CCNCC1. The molecule has 1 aliphatic heterocycles. The summed E-state index contributed by atoms with van der Waals surface area (Å²) in [5, 5.41) is 6.55. The van der Waals surface area contributed by atoms with Crippen LogP contribution in [0.25, 0.3) is 11.1 Å². The van der Waals surface area contributed by atoms with E-state index in [9.17, 15) is 4.79 Å². The number of ether oxygens (including phenoxy) is 1. The van der Waals surface area contributed by atoms with Crippen LogP contribution in [0.4, 0.5) is 0 Å². The van der Waals surface area contributed by atoms with Gasteiger partial charge in [0.1, 0.15) is 0 Å². The van der Waals surface area contributed by atoms with Crippen molar-refractivity contribution in [2.24, 2.45) is 5.41 Å². The van der Waals surface area contributed by atoms with Crippen LogP contribution in [-0.4, -0.2) is 39.3 Å². The monoisotopic (exact) mass is 350 g/mol. The zero-order valence-electron chi connectivity index (χ0n) is 15.3. The minimum Gasteiger partial charge on any atom is -0.384 e. The number of methoxy groups -OCH3 is 1. The summed E-state index contributed by atoms with van der Waals surface area (Å²) in [6.07, 6.45) is 2.97. The number of benzene rings is 2. The minimum absolute atomic E-state index is 0.0118. The lowest BCUT2D eigenvalue weighted by atomic mass is 9.79. The van der Waals surface area contributed by atoms with E-state index in [1.54, 1.807) is 7.11 Å². The fourth-order valence-electron chi connectivity index (χ4n) is 4.29. The molecular weight excluding hydrogens is 324 g/mol. The van der Waals surface area contributed by atoms with Gasteiger partial charge >= 0.3 is 0 Å². The average molecular weight is 350 g/mol. The van der Waals surface area contributed by atoms with E-state index in [-0.39, 0.29) is 11.3 Å². The largest absolute Gasteiger partial charge is 0.384 e. The second kappa shape index (κ2) is 7.22. The van der Waals surface area contributed by atoms with Crippen LogP contribution in [0.1, 0.15) is 34.3 Å². The van der Waals surface area contributed by atoms with Crippen molar-refractivity contribution in [3.8, 4) is 11.1 Å². The Morgan fingerprint density at radius 2 is 1.88 bits per heavy atom. The highest BCUT2D eigenvalue weighted by molar-refractivity contribution is 5.95. The molecule has 4 nitrogen and oxygen atoms in total. The van der Waals surface area contributed by atoms with E-state index in [2.05, 4.69) is 47.0 Å². The number of amides is 1. The highest BCUT2D eigenvalue weighted by Gasteiger charge is 2.32. The number of carbonyl (C=O) groups excluding carboxylic acids is 1. The maximum atomic E-state index is 12.7. The van der Waals surface area contributed by atoms with E-state index >= 15 is 0 Å². The first-order valence-electron chi connectivity index (χ1n) is 9.40. The lowest BCUT2D eigenvalue weighted by Crippen LogP contribution is -2.47. The molecule has 0 atom stereocenters. The highest BCUT2D eigenvalue weighted by Crippen LogP contribution is 2.36. The Balaban J connectivity index is 1.47. The van der Waals surface area contributed by atoms with Crippen LogP contribution in [0.3, 0.4) is 0 Å². The summed E-state index contributed by atoms with van der Waals surface area (Å²) in [5.41, 5.74) is 5.93. The third kappa shape index (κ3) is 3.27. The van der Waals surface area contributed by atoms with Crippen LogP contribution in [0, 0.1) is 5.41 Å². The Labute approximate surface area is 155 Å². The molecule has 1 fully saturated rings. The highest BCUT2D eigenvalue weighted by atomic mass is 16.5. The molecule has 2 aromatic carbocycles. The lowest BCUT2D eigenvalue weighted by molar-refractivity contribution is 0.0511. The molecule has 0 radical (unpaired) electrons. The van der Waals surface area contributed by atoms with E-state index in [1.807, 2.05) is 6.07 Å². The minimum atomic E-state index is 0.0118. The second-order valence-electron chi connectivity index (χ2n) is 7.57. The Morgan fingerprint density at radius 3 is 2.69 bits per heavy atom. The smallest absolute Gasteiger partial charge is 0.251 e. The first-order chi connectivity index (χ1) is 12.7. The van der Waals surface area contributed by atoms with Gasteiger partial charge in [0.05, 0.1) is 6.61 Å². The molecule has 4 rings (SSSR count). The van der Waals surface area contributed by atoms with Crippen molar-refractivity contribution in [2.45, 2.75) is 19.3 Å². The van der Waals surface area contributed by atoms with Crippen LogP contribution >= 0.6 is 0 Å². The van der Waals surface area contributed by atoms with E-state index in [0.29, 0.717) is 13.2 Å². The molecule has 2 aromatic rings. The van der Waals surface area contributed by atoms with Crippen LogP contribution in [-0.2, 0) is 11.2 Å². The Bertz CT molecular complexity index is 804. The summed E-state index contributed by atoms with van der Waals surface area (Å²) in [5.74, 6) is 0.0118. The van der Waals surface area contributed by atoms with Crippen molar-refractivity contribution in [1.82, 2.24) is 10.6 Å². The van der Waals surface area contributed by atoms with Gasteiger partial charge in [0, 0.05) is 24.6 Å². The van der Waals surface area contributed by atoms with Gasteiger partial charge in [-0.2, -0.15) is 0 Å². The summed E-state index contributed by atoms with van der Waals surface area (Å²) >= 11 is 0. The third-order valence-electron chi connectivity index (χ3n) is 5.79. The number of rotatable bonds is 5.